The first kappa shape index (κ1) is 11.8. The van der Waals surface area contributed by atoms with Crippen molar-refractivity contribution in [3.05, 3.63) is 23.8 Å². The van der Waals surface area contributed by atoms with Crippen LogP contribution in [-0.2, 0) is 0 Å². The summed E-state index contributed by atoms with van der Waals surface area (Å²) in [6.45, 7) is 0. The number of rotatable bonds is 2. The summed E-state index contributed by atoms with van der Waals surface area (Å²) in [5, 5.41) is 3.59. The molecule has 0 spiro atoms. The van der Waals surface area contributed by atoms with Gasteiger partial charge in [0.05, 0.1) is 10.2 Å². The molecule has 1 aromatic heterocycles. The first-order valence-corrected chi connectivity index (χ1v) is 7.74. The van der Waals surface area contributed by atoms with Crippen LogP contribution in [0.4, 0.5) is 5.13 Å². The summed E-state index contributed by atoms with van der Waals surface area (Å²) in [6.07, 6.45) is 1.06. The van der Waals surface area contributed by atoms with Gasteiger partial charge in [0, 0.05) is 17.4 Å². The number of benzene rings is 1. The van der Waals surface area contributed by atoms with Crippen LogP contribution in [0.2, 0.25) is 0 Å². The number of aromatic nitrogens is 1. The van der Waals surface area contributed by atoms with Gasteiger partial charge in [0.25, 0.3) is 5.91 Å². The van der Waals surface area contributed by atoms with Crippen LogP contribution in [0.25, 0.3) is 10.2 Å². The van der Waals surface area contributed by atoms with Crippen LogP contribution < -0.4 is 11.1 Å². The summed E-state index contributed by atoms with van der Waals surface area (Å²) in [4.78, 5) is 16.3. The minimum atomic E-state index is -0.0176. The molecule has 1 aromatic carbocycles. The van der Waals surface area contributed by atoms with E-state index in [-0.39, 0.29) is 5.91 Å². The molecule has 0 radical (unpaired) electrons. The van der Waals surface area contributed by atoms with Gasteiger partial charge in [-0.2, -0.15) is 11.8 Å². The summed E-state index contributed by atoms with van der Waals surface area (Å²) >= 11 is 3.32. The molecule has 0 aliphatic carbocycles. The molecule has 94 valence electrons. The van der Waals surface area contributed by atoms with Crippen LogP contribution in [0.5, 0.6) is 0 Å². The average Bonchev–Trinajstić information content (AvgIpc) is 2.95. The Labute approximate surface area is 113 Å². The number of fused-ring (bicyclic) bond motifs is 1. The second kappa shape index (κ2) is 4.78. The fourth-order valence-electron chi connectivity index (χ4n) is 2.00. The van der Waals surface area contributed by atoms with Crippen LogP contribution in [-0.4, -0.2) is 28.4 Å². The van der Waals surface area contributed by atoms with E-state index in [2.05, 4.69) is 10.3 Å². The third-order valence-electron chi connectivity index (χ3n) is 2.93. The molecule has 3 N–H and O–H groups in total. The zero-order valence-corrected chi connectivity index (χ0v) is 11.3. The zero-order chi connectivity index (χ0) is 12.5. The number of nitrogen functional groups attached to an aromatic ring is 1. The Morgan fingerprint density at radius 2 is 2.39 bits per heavy atom. The Kier molecular flexibility index (Phi) is 3.13. The number of carbonyl (C=O) groups is 1. The van der Waals surface area contributed by atoms with Crippen LogP contribution in [0, 0.1) is 0 Å². The van der Waals surface area contributed by atoms with Crippen molar-refractivity contribution < 1.29 is 4.79 Å². The van der Waals surface area contributed by atoms with Crippen molar-refractivity contribution in [3.8, 4) is 0 Å². The van der Waals surface area contributed by atoms with Crippen molar-refractivity contribution in [2.24, 2.45) is 0 Å². The van der Waals surface area contributed by atoms with E-state index >= 15 is 0 Å². The highest BCUT2D eigenvalue weighted by molar-refractivity contribution is 7.99. The lowest BCUT2D eigenvalue weighted by molar-refractivity contribution is 0.0941. The number of hydrogen-bond donors (Lipinski definition) is 2. The molecule has 1 aliphatic rings. The Balaban J connectivity index is 1.81. The smallest absolute Gasteiger partial charge is 0.251 e. The first-order valence-electron chi connectivity index (χ1n) is 5.77. The lowest BCUT2D eigenvalue weighted by atomic mass is 10.1. The van der Waals surface area contributed by atoms with Gasteiger partial charge in [0.15, 0.2) is 5.13 Å². The van der Waals surface area contributed by atoms with Gasteiger partial charge in [-0.05, 0) is 30.4 Å². The predicted octanol–water partition coefficient (Wildman–Crippen LogP) is 2.11. The molecule has 4 nitrogen and oxygen atoms in total. The number of amides is 1. The van der Waals surface area contributed by atoms with E-state index < -0.39 is 0 Å². The Hall–Kier alpha value is -1.27. The highest BCUT2D eigenvalue weighted by Gasteiger charge is 2.18. The highest BCUT2D eigenvalue weighted by atomic mass is 32.2. The SMILES string of the molecule is Nc1nc2cc(C(=O)NC3CCSC3)ccc2s1. The summed E-state index contributed by atoms with van der Waals surface area (Å²) in [5.41, 5.74) is 7.11. The average molecular weight is 279 g/mol. The van der Waals surface area contributed by atoms with Crippen molar-refractivity contribution in [3.63, 3.8) is 0 Å². The van der Waals surface area contributed by atoms with Crippen molar-refractivity contribution in [1.29, 1.82) is 0 Å². The molecule has 1 unspecified atom stereocenters. The molecular weight excluding hydrogens is 266 g/mol. The van der Waals surface area contributed by atoms with Crippen molar-refractivity contribution >= 4 is 44.4 Å². The fourth-order valence-corrected chi connectivity index (χ4v) is 3.87. The first-order chi connectivity index (χ1) is 8.72. The van der Waals surface area contributed by atoms with Crippen LogP contribution in [0.15, 0.2) is 18.2 Å². The molecule has 0 saturated carbocycles. The molecule has 2 aromatic rings. The minimum Gasteiger partial charge on any atom is -0.375 e. The molecule has 3 rings (SSSR count). The standard InChI is InChI=1S/C12H13N3OS2/c13-12-15-9-5-7(1-2-10(9)18-12)11(16)14-8-3-4-17-6-8/h1-2,5,8H,3-4,6H2,(H2,13,15)(H,14,16). The summed E-state index contributed by atoms with van der Waals surface area (Å²) in [6, 6.07) is 5.84. The van der Waals surface area contributed by atoms with Gasteiger partial charge in [-0.3, -0.25) is 4.79 Å². The maximum atomic E-state index is 12.1. The second-order valence-electron chi connectivity index (χ2n) is 4.27. The number of anilines is 1. The van der Waals surface area contributed by atoms with Crippen molar-refractivity contribution in [2.75, 3.05) is 17.2 Å². The molecule has 6 heteroatoms. The van der Waals surface area contributed by atoms with Gasteiger partial charge in [-0.25, -0.2) is 4.98 Å². The maximum absolute atomic E-state index is 12.1. The molecule has 1 fully saturated rings. The van der Waals surface area contributed by atoms with Crippen molar-refractivity contribution in [1.82, 2.24) is 10.3 Å². The predicted molar refractivity (Wildman–Crippen MR) is 77.2 cm³/mol. The Morgan fingerprint density at radius 3 is 3.17 bits per heavy atom. The molecular formula is C12H13N3OS2. The number of nitrogens with two attached hydrogens (primary N) is 1. The number of nitrogens with zero attached hydrogens (tertiary/aromatic N) is 1. The number of hydrogen-bond acceptors (Lipinski definition) is 5. The summed E-state index contributed by atoms with van der Waals surface area (Å²) in [7, 11) is 0. The van der Waals surface area contributed by atoms with Gasteiger partial charge < -0.3 is 11.1 Å². The number of nitrogens with one attached hydrogen (secondary N) is 1. The normalized spacial score (nSPS) is 19.2. The van der Waals surface area contributed by atoms with Gasteiger partial charge >= 0.3 is 0 Å². The van der Waals surface area contributed by atoms with Gasteiger partial charge in [-0.15, -0.1) is 0 Å². The quantitative estimate of drug-likeness (QED) is 0.883. The van der Waals surface area contributed by atoms with E-state index in [0.717, 1.165) is 28.1 Å². The topological polar surface area (TPSA) is 68.0 Å². The largest absolute Gasteiger partial charge is 0.375 e. The summed E-state index contributed by atoms with van der Waals surface area (Å²) < 4.78 is 1.01. The highest BCUT2D eigenvalue weighted by Crippen LogP contribution is 2.24. The van der Waals surface area contributed by atoms with Crippen molar-refractivity contribution in [2.45, 2.75) is 12.5 Å². The lowest BCUT2D eigenvalue weighted by Gasteiger charge is -2.10. The zero-order valence-electron chi connectivity index (χ0n) is 9.68. The van der Waals surface area contributed by atoms with E-state index in [1.54, 1.807) is 6.07 Å². The van der Waals surface area contributed by atoms with E-state index in [0.29, 0.717) is 16.7 Å². The minimum absolute atomic E-state index is 0.0176. The molecule has 1 atom stereocenters. The van der Waals surface area contributed by atoms with Gasteiger partial charge in [-0.1, -0.05) is 11.3 Å². The molecule has 2 heterocycles. The third-order valence-corrected chi connectivity index (χ3v) is 4.96. The van der Waals surface area contributed by atoms with Crippen LogP contribution in [0.3, 0.4) is 0 Å². The molecule has 1 amide bonds. The molecule has 18 heavy (non-hydrogen) atoms. The molecule has 1 aliphatic heterocycles. The van der Waals surface area contributed by atoms with E-state index in [4.69, 9.17) is 5.73 Å². The number of thioether (sulfide) groups is 1. The van der Waals surface area contributed by atoms with Gasteiger partial charge in [0.1, 0.15) is 0 Å². The molecule has 0 bridgehead atoms. The lowest BCUT2D eigenvalue weighted by Crippen LogP contribution is -2.34. The van der Waals surface area contributed by atoms with E-state index in [1.807, 2.05) is 23.9 Å². The third kappa shape index (κ3) is 2.30. The van der Waals surface area contributed by atoms with Gasteiger partial charge in [0.2, 0.25) is 0 Å². The number of carbonyl (C=O) groups excluding carboxylic acids is 1. The Bertz CT molecular complexity index is 590. The summed E-state index contributed by atoms with van der Waals surface area (Å²) in [5.74, 6) is 2.13. The maximum Gasteiger partial charge on any atom is 0.251 e. The molecule has 1 saturated heterocycles. The van der Waals surface area contributed by atoms with Crippen LogP contribution >= 0.6 is 23.1 Å². The number of thiazole rings is 1. The van der Waals surface area contributed by atoms with E-state index in [1.165, 1.54) is 11.3 Å². The van der Waals surface area contributed by atoms with E-state index in [9.17, 15) is 4.79 Å². The Morgan fingerprint density at radius 1 is 1.50 bits per heavy atom. The fraction of sp³-hybridized carbons (Fsp3) is 0.333. The monoisotopic (exact) mass is 279 g/mol. The second-order valence-corrected chi connectivity index (χ2v) is 6.48. The van der Waals surface area contributed by atoms with Crippen LogP contribution in [0.1, 0.15) is 16.8 Å².